The standard InChI is InChI=1S/C22H26N2O3/c1-15-6-4-7-16(2)20(15)23-21(25)17-10-12-24(13-11-17)22(26)18-8-5-9-19(14-18)27-3/h4-9,14,17H,10-13H2,1-3H3,(H,23,25). The number of nitrogens with one attached hydrogen (secondary N) is 1. The Labute approximate surface area is 160 Å². The highest BCUT2D eigenvalue weighted by Gasteiger charge is 2.28. The highest BCUT2D eigenvalue weighted by Crippen LogP contribution is 2.24. The van der Waals surface area contributed by atoms with Gasteiger partial charge in [0, 0.05) is 30.3 Å². The fourth-order valence-electron chi connectivity index (χ4n) is 3.52. The number of benzene rings is 2. The van der Waals surface area contributed by atoms with E-state index in [1.165, 1.54) is 0 Å². The maximum Gasteiger partial charge on any atom is 0.253 e. The molecule has 0 radical (unpaired) electrons. The number of nitrogens with zero attached hydrogens (tertiary/aromatic N) is 1. The van der Waals surface area contributed by atoms with Gasteiger partial charge in [0.25, 0.3) is 5.91 Å². The van der Waals surface area contributed by atoms with Gasteiger partial charge in [0.15, 0.2) is 0 Å². The van der Waals surface area contributed by atoms with Crippen molar-refractivity contribution in [2.24, 2.45) is 5.92 Å². The predicted molar refractivity (Wildman–Crippen MR) is 106 cm³/mol. The fraction of sp³-hybridized carbons (Fsp3) is 0.364. The molecule has 0 saturated carbocycles. The molecule has 5 heteroatoms. The molecule has 0 aliphatic carbocycles. The van der Waals surface area contributed by atoms with Crippen molar-refractivity contribution < 1.29 is 14.3 Å². The third kappa shape index (κ3) is 4.30. The van der Waals surface area contributed by atoms with Gasteiger partial charge in [-0.2, -0.15) is 0 Å². The maximum absolute atomic E-state index is 12.7. The molecule has 2 amide bonds. The van der Waals surface area contributed by atoms with Crippen LogP contribution in [0.3, 0.4) is 0 Å². The molecule has 142 valence electrons. The van der Waals surface area contributed by atoms with E-state index in [0.29, 0.717) is 37.2 Å². The molecular formula is C22H26N2O3. The molecule has 0 atom stereocenters. The fourth-order valence-corrected chi connectivity index (χ4v) is 3.52. The Morgan fingerprint density at radius 3 is 2.30 bits per heavy atom. The second-order valence-electron chi connectivity index (χ2n) is 7.05. The molecule has 1 N–H and O–H groups in total. The molecule has 1 fully saturated rings. The van der Waals surface area contributed by atoms with Gasteiger partial charge >= 0.3 is 0 Å². The Hall–Kier alpha value is -2.82. The molecular weight excluding hydrogens is 340 g/mol. The van der Waals surface area contributed by atoms with E-state index < -0.39 is 0 Å². The van der Waals surface area contributed by atoms with Crippen LogP contribution in [0.1, 0.15) is 34.3 Å². The summed E-state index contributed by atoms with van der Waals surface area (Å²) in [5, 5.41) is 3.08. The zero-order valence-electron chi connectivity index (χ0n) is 16.1. The molecule has 0 bridgehead atoms. The Morgan fingerprint density at radius 1 is 1.04 bits per heavy atom. The molecule has 1 heterocycles. The number of ether oxygens (including phenoxy) is 1. The summed E-state index contributed by atoms with van der Waals surface area (Å²) in [4.78, 5) is 27.2. The van der Waals surface area contributed by atoms with Crippen LogP contribution in [0.25, 0.3) is 0 Å². The molecule has 5 nitrogen and oxygen atoms in total. The molecule has 3 rings (SSSR count). The summed E-state index contributed by atoms with van der Waals surface area (Å²) in [5.41, 5.74) is 3.65. The number of likely N-dealkylation sites (tertiary alicyclic amines) is 1. The van der Waals surface area contributed by atoms with Crippen LogP contribution in [0.4, 0.5) is 5.69 Å². The molecule has 2 aromatic carbocycles. The summed E-state index contributed by atoms with van der Waals surface area (Å²) in [6.45, 7) is 5.16. The topological polar surface area (TPSA) is 58.6 Å². The number of piperidine rings is 1. The number of methoxy groups -OCH3 is 1. The Balaban J connectivity index is 1.59. The maximum atomic E-state index is 12.7. The third-order valence-electron chi connectivity index (χ3n) is 5.20. The van der Waals surface area contributed by atoms with Crippen LogP contribution in [0.5, 0.6) is 5.75 Å². The summed E-state index contributed by atoms with van der Waals surface area (Å²) >= 11 is 0. The molecule has 0 aromatic heterocycles. The van der Waals surface area contributed by atoms with Crippen LogP contribution in [0.2, 0.25) is 0 Å². The van der Waals surface area contributed by atoms with Crippen molar-refractivity contribution in [1.29, 1.82) is 0 Å². The molecule has 1 aliphatic heterocycles. The van der Waals surface area contributed by atoms with Crippen LogP contribution in [0.15, 0.2) is 42.5 Å². The van der Waals surface area contributed by atoms with E-state index in [1.54, 1.807) is 19.2 Å². The zero-order valence-corrected chi connectivity index (χ0v) is 16.1. The van der Waals surface area contributed by atoms with E-state index in [4.69, 9.17) is 4.74 Å². The lowest BCUT2D eigenvalue weighted by molar-refractivity contribution is -0.121. The number of aryl methyl sites for hydroxylation is 2. The van der Waals surface area contributed by atoms with Crippen LogP contribution >= 0.6 is 0 Å². The van der Waals surface area contributed by atoms with E-state index in [1.807, 2.05) is 49.1 Å². The van der Waals surface area contributed by atoms with Crippen LogP contribution in [-0.4, -0.2) is 36.9 Å². The first-order chi connectivity index (χ1) is 13.0. The molecule has 1 saturated heterocycles. The van der Waals surface area contributed by atoms with Gasteiger partial charge in [-0.25, -0.2) is 0 Å². The second kappa shape index (κ2) is 8.25. The summed E-state index contributed by atoms with van der Waals surface area (Å²) in [5.74, 6) is 0.630. The number of amides is 2. The van der Waals surface area contributed by atoms with Crippen molar-refractivity contribution in [3.63, 3.8) is 0 Å². The van der Waals surface area contributed by atoms with Gasteiger partial charge in [-0.1, -0.05) is 24.3 Å². The highest BCUT2D eigenvalue weighted by molar-refractivity contribution is 5.96. The van der Waals surface area contributed by atoms with Gasteiger partial charge in [-0.05, 0) is 56.0 Å². The summed E-state index contributed by atoms with van der Waals surface area (Å²) < 4.78 is 5.19. The Bertz CT molecular complexity index is 819. The van der Waals surface area contributed by atoms with E-state index in [9.17, 15) is 9.59 Å². The number of hydrogen-bond acceptors (Lipinski definition) is 3. The van der Waals surface area contributed by atoms with E-state index in [-0.39, 0.29) is 17.7 Å². The van der Waals surface area contributed by atoms with Crippen LogP contribution < -0.4 is 10.1 Å². The third-order valence-corrected chi connectivity index (χ3v) is 5.20. The van der Waals surface area contributed by atoms with Crippen LogP contribution in [-0.2, 0) is 4.79 Å². The largest absolute Gasteiger partial charge is 0.497 e. The minimum absolute atomic E-state index is 0.0116. The monoisotopic (exact) mass is 366 g/mol. The molecule has 2 aromatic rings. The lowest BCUT2D eigenvalue weighted by Crippen LogP contribution is -2.41. The average Bonchev–Trinajstić information content (AvgIpc) is 2.70. The molecule has 0 unspecified atom stereocenters. The summed E-state index contributed by atoms with van der Waals surface area (Å²) in [6.07, 6.45) is 1.35. The lowest BCUT2D eigenvalue weighted by atomic mass is 9.95. The van der Waals surface area contributed by atoms with Gasteiger partial charge in [0.1, 0.15) is 5.75 Å². The number of anilines is 1. The smallest absolute Gasteiger partial charge is 0.253 e. The normalized spacial score (nSPS) is 14.7. The van der Waals surface area contributed by atoms with Crippen LogP contribution in [0, 0.1) is 19.8 Å². The van der Waals surface area contributed by atoms with E-state index in [2.05, 4.69) is 5.32 Å². The number of para-hydroxylation sites is 1. The highest BCUT2D eigenvalue weighted by atomic mass is 16.5. The number of carbonyl (C=O) groups is 2. The van der Waals surface area contributed by atoms with Gasteiger partial charge in [0.05, 0.1) is 7.11 Å². The zero-order chi connectivity index (χ0) is 19.4. The number of hydrogen-bond donors (Lipinski definition) is 1. The number of carbonyl (C=O) groups excluding carboxylic acids is 2. The quantitative estimate of drug-likeness (QED) is 0.895. The summed E-state index contributed by atoms with van der Waals surface area (Å²) in [6, 6.07) is 13.2. The van der Waals surface area contributed by atoms with Crippen molar-refractivity contribution >= 4 is 17.5 Å². The van der Waals surface area contributed by atoms with Crippen molar-refractivity contribution in [3.05, 3.63) is 59.2 Å². The molecule has 1 aliphatic rings. The van der Waals surface area contributed by atoms with Gasteiger partial charge in [-0.15, -0.1) is 0 Å². The van der Waals surface area contributed by atoms with Crippen molar-refractivity contribution in [2.45, 2.75) is 26.7 Å². The van der Waals surface area contributed by atoms with Gasteiger partial charge in [-0.3, -0.25) is 9.59 Å². The van der Waals surface area contributed by atoms with E-state index >= 15 is 0 Å². The predicted octanol–water partition coefficient (Wildman–Crippen LogP) is 3.80. The van der Waals surface area contributed by atoms with Gasteiger partial charge in [0.2, 0.25) is 5.91 Å². The Morgan fingerprint density at radius 2 is 1.67 bits per heavy atom. The SMILES string of the molecule is COc1cccc(C(=O)N2CCC(C(=O)Nc3c(C)cccc3C)CC2)c1. The first-order valence-electron chi connectivity index (χ1n) is 9.30. The summed E-state index contributed by atoms with van der Waals surface area (Å²) in [7, 11) is 1.59. The first kappa shape index (κ1) is 19.0. The molecule has 27 heavy (non-hydrogen) atoms. The first-order valence-corrected chi connectivity index (χ1v) is 9.30. The number of rotatable bonds is 4. The van der Waals surface area contributed by atoms with Crippen molar-refractivity contribution in [1.82, 2.24) is 4.90 Å². The Kier molecular flexibility index (Phi) is 5.79. The molecule has 0 spiro atoms. The van der Waals surface area contributed by atoms with Crippen molar-refractivity contribution in [3.8, 4) is 5.75 Å². The minimum atomic E-state index is -0.0710. The lowest BCUT2D eigenvalue weighted by Gasteiger charge is -2.31. The average molecular weight is 366 g/mol. The van der Waals surface area contributed by atoms with E-state index in [0.717, 1.165) is 16.8 Å². The van der Waals surface area contributed by atoms with Gasteiger partial charge < -0.3 is 15.0 Å². The second-order valence-corrected chi connectivity index (χ2v) is 7.05. The minimum Gasteiger partial charge on any atom is -0.497 e. The van der Waals surface area contributed by atoms with Crippen molar-refractivity contribution in [2.75, 3.05) is 25.5 Å².